The van der Waals surface area contributed by atoms with Crippen LogP contribution in [0.3, 0.4) is 0 Å². The normalized spacial score (nSPS) is 20.3. The molecule has 116 valence electrons. The number of rotatable bonds is 2. The Balaban J connectivity index is 0.000000921. The van der Waals surface area contributed by atoms with E-state index in [1.54, 1.807) is 0 Å². The minimum Gasteiger partial charge on any atom is -0.372 e. The van der Waals surface area contributed by atoms with Crippen molar-refractivity contribution >= 4 is 0 Å². The number of hydrogen-bond donors (Lipinski definition) is 0. The van der Waals surface area contributed by atoms with Crippen LogP contribution >= 0.6 is 0 Å². The highest BCUT2D eigenvalue weighted by molar-refractivity contribution is 5.44. The molecule has 1 nitrogen and oxygen atoms in total. The minimum absolute atomic E-state index is 0.348. The Labute approximate surface area is 131 Å². The van der Waals surface area contributed by atoms with Crippen LogP contribution < -0.4 is 0 Å². The maximum absolute atomic E-state index is 5.71. The smallest absolute Gasteiger partial charge is 0.0724 e. The Hall–Kier alpha value is -1.60. The minimum atomic E-state index is 0.348. The third-order valence-corrected chi connectivity index (χ3v) is 3.34. The van der Waals surface area contributed by atoms with E-state index in [4.69, 9.17) is 4.74 Å². The molecular weight excluding hydrogens is 256 g/mol. The van der Waals surface area contributed by atoms with Crippen LogP contribution in [0.15, 0.2) is 60.7 Å². The van der Waals surface area contributed by atoms with Gasteiger partial charge in [-0.15, -0.1) is 0 Å². The average molecular weight is 286 g/mol. The summed E-state index contributed by atoms with van der Waals surface area (Å²) in [6, 6.07) is 8.43. The van der Waals surface area contributed by atoms with Gasteiger partial charge in [0.1, 0.15) is 0 Å². The van der Waals surface area contributed by atoms with Gasteiger partial charge in [-0.3, -0.25) is 0 Å². The summed E-state index contributed by atoms with van der Waals surface area (Å²) in [5.41, 5.74) is 4.94. The largest absolute Gasteiger partial charge is 0.372 e. The Morgan fingerprint density at radius 2 is 1.62 bits per heavy atom. The molecule has 1 aromatic rings. The highest BCUT2D eigenvalue weighted by Gasteiger charge is 2.18. The second-order valence-electron chi connectivity index (χ2n) is 4.30. The molecule has 0 N–H and O–H groups in total. The summed E-state index contributed by atoms with van der Waals surface area (Å²) in [6.45, 7) is 19.3. The first-order valence-electron chi connectivity index (χ1n) is 7.91. The lowest BCUT2D eigenvalue weighted by Gasteiger charge is -2.23. The van der Waals surface area contributed by atoms with Gasteiger partial charge in [0.05, 0.1) is 13.2 Å². The summed E-state index contributed by atoms with van der Waals surface area (Å²) >= 11 is 0. The van der Waals surface area contributed by atoms with E-state index in [2.05, 4.69) is 44.3 Å². The summed E-state index contributed by atoms with van der Waals surface area (Å²) in [5, 5.41) is 0. The first-order valence-corrected chi connectivity index (χ1v) is 7.91. The summed E-state index contributed by atoms with van der Waals surface area (Å²) in [5.74, 6) is 0.348. The van der Waals surface area contributed by atoms with Crippen LogP contribution in [-0.2, 0) is 11.3 Å². The number of ether oxygens (including phenoxy) is 1. The molecular formula is C20H30O. The molecule has 2 rings (SSSR count). The topological polar surface area (TPSA) is 9.23 Å². The van der Waals surface area contributed by atoms with Gasteiger partial charge in [-0.25, -0.2) is 0 Å². The molecule has 0 spiro atoms. The quantitative estimate of drug-likeness (QED) is 0.644. The zero-order chi connectivity index (χ0) is 16.3. The number of benzene rings is 1. The number of hydrogen-bond acceptors (Lipinski definition) is 1. The first kappa shape index (κ1) is 19.4. The fourth-order valence-corrected chi connectivity index (χ4v) is 2.37. The fraction of sp³-hybridized carbons (Fsp3) is 0.400. The number of allylic oxidation sites excluding steroid dienone is 2. The van der Waals surface area contributed by atoms with E-state index < -0.39 is 0 Å². The summed E-state index contributed by atoms with van der Waals surface area (Å²) in [6.07, 6.45) is 3.80. The molecule has 0 saturated heterocycles. The molecule has 1 atom stereocenters. The van der Waals surface area contributed by atoms with Gasteiger partial charge in [0.15, 0.2) is 0 Å². The van der Waals surface area contributed by atoms with Crippen molar-refractivity contribution in [1.82, 2.24) is 0 Å². The Morgan fingerprint density at radius 3 is 2.19 bits per heavy atom. The van der Waals surface area contributed by atoms with Gasteiger partial charge in [0, 0.05) is 5.92 Å². The lowest BCUT2D eigenvalue weighted by Crippen LogP contribution is -2.11. The van der Waals surface area contributed by atoms with Crippen LogP contribution in [0.5, 0.6) is 0 Å². The molecule has 0 radical (unpaired) electrons. The Kier molecular flexibility index (Phi) is 10.3. The van der Waals surface area contributed by atoms with Gasteiger partial charge in [-0.2, -0.15) is 0 Å². The van der Waals surface area contributed by atoms with Gasteiger partial charge in [0.25, 0.3) is 0 Å². The highest BCUT2D eigenvalue weighted by Crippen LogP contribution is 2.32. The van der Waals surface area contributed by atoms with E-state index in [9.17, 15) is 0 Å². The highest BCUT2D eigenvalue weighted by atomic mass is 16.5. The zero-order valence-corrected chi connectivity index (χ0v) is 14.3. The van der Waals surface area contributed by atoms with E-state index in [-0.39, 0.29) is 0 Å². The molecule has 1 heteroatoms. The van der Waals surface area contributed by atoms with Crippen molar-refractivity contribution in [3.8, 4) is 0 Å². The Morgan fingerprint density at radius 1 is 1.00 bits per heavy atom. The Bertz CT molecular complexity index is 468. The lowest BCUT2D eigenvalue weighted by molar-refractivity contribution is 0.141. The maximum Gasteiger partial charge on any atom is 0.0724 e. The van der Waals surface area contributed by atoms with Crippen molar-refractivity contribution in [3.63, 3.8) is 0 Å². The van der Waals surface area contributed by atoms with Crippen molar-refractivity contribution in [2.75, 3.05) is 6.61 Å². The van der Waals surface area contributed by atoms with Crippen molar-refractivity contribution < 1.29 is 4.74 Å². The first-order chi connectivity index (χ1) is 10.3. The van der Waals surface area contributed by atoms with Crippen molar-refractivity contribution in [1.29, 1.82) is 0 Å². The molecule has 21 heavy (non-hydrogen) atoms. The maximum atomic E-state index is 5.71. The molecule has 0 fully saturated rings. The molecule has 0 aromatic heterocycles. The molecule has 0 saturated carbocycles. The molecule has 1 aliphatic rings. The van der Waals surface area contributed by atoms with E-state index in [0.29, 0.717) is 19.1 Å². The summed E-state index contributed by atoms with van der Waals surface area (Å²) in [4.78, 5) is 0. The van der Waals surface area contributed by atoms with Crippen molar-refractivity contribution in [2.24, 2.45) is 0 Å². The van der Waals surface area contributed by atoms with Crippen LogP contribution in [-0.4, -0.2) is 6.61 Å². The molecule has 0 amide bonds. The predicted octanol–water partition coefficient (Wildman–Crippen LogP) is 6.04. The predicted molar refractivity (Wildman–Crippen MR) is 94.6 cm³/mol. The second kappa shape index (κ2) is 11.1. The summed E-state index contributed by atoms with van der Waals surface area (Å²) in [7, 11) is 0. The monoisotopic (exact) mass is 286 g/mol. The lowest BCUT2D eigenvalue weighted by atomic mass is 9.86. The van der Waals surface area contributed by atoms with E-state index >= 15 is 0 Å². The zero-order valence-electron chi connectivity index (χ0n) is 14.3. The van der Waals surface area contributed by atoms with Crippen molar-refractivity contribution in [2.45, 2.75) is 47.1 Å². The molecule has 1 unspecified atom stereocenters. The van der Waals surface area contributed by atoms with E-state index in [1.807, 2.05) is 39.8 Å². The third-order valence-electron chi connectivity index (χ3n) is 3.34. The van der Waals surface area contributed by atoms with Gasteiger partial charge < -0.3 is 4.74 Å². The second-order valence-corrected chi connectivity index (χ2v) is 4.30. The van der Waals surface area contributed by atoms with Crippen LogP contribution in [0.25, 0.3) is 0 Å². The SMILES string of the molecule is C=C/C1=C(\C=C)C(C)c2ccccc2COC1.CC.CC. The van der Waals surface area contributed by atoms with E-state index in [1.165, 1.54) is 16.7 Å². The summed E-state index contributed by atoms with van der Waals surface area (Å²) < 4.78 is 5.71. The van der Waals surface area contributed by atoms with Crippen LogP contribution in [0.4, 0.5) is 0 Å². The van der Waals surface area contributed by atoms with Gasteiger partial charge >= 0.3 is 0 Å². The van der Waals surface area contributed by atoms with E-state index in [0.717, 1.165) is 5.57 Å². The molecule has 1 aliphatic heterocycles. The fourth-order valence-electron chi connectivity index (χ4n) is 2.37. The molecule has 0 aliphatic carbocycles. The standard InChI is InChI=1S/C16H18O.2C2H6/c1-4-13-10-17-11-14-8-6-7-9-16(14)12(3)15(13)5-2;2*1-2/h4-9,12H,1-2,10-11H2,3H3;2*1-2H3/b15-13-;;. The average Bonchev–Trinajstić information content (AvgIpc) is 2.56. The number of fused-ring (bicyclic) bond motifs is 1. The molecule has 1 heterocycles. The molecule has 1 aromatic carbocycles. The van der Waals surface area contributed by atoms with Crippen LogP contribution in [0.2, 0.25) is 0 Å². The van der Waals surface area contributed by atoms with Gasteiger partial charge in [-0.1, -0.05) is 84.2 Å². The van der Waals surface area contributed by atoms with Crippen molar-refractivity contribution in [3.05, 3.63) is 71.8 Å². The molecule has 0 bridgehead atoms. The van der Waals surface area contributed by atoms with Gasteiger partial charge in [-0.05, 0) is 22.3 Å². The van der Waals surface area contributed by atoms with Gasteiger partial charge in [0.2, 0.25) is 0 Å². The third kappa shape index (κ3) is 5.02. The van der Waals surface area contributed by atoms with Crippen LogP contribution in [0.1, 0.15) is 51.7 Å². The van der Waals surface area contributed by atoms with Crippen LogP contribution in [0, 0.1) is 0 Å².